The smallest absolute Gasteiger partial charge is 0.276 e. The van der Waals surface area contributed by atoms with Crippen LogP contribution in [-0.4, -0.2) is 31.1 Å². The van der Waals surface area contributed by atoms with Gasteiger partial charge in [0, 0.05) is 11.8 Å². The van der Waals surface area contributed by atoms with E-state index < -0.39 is 0 Å². The number of nitrogens with one attached hydrogen (secondary N) is 1. The number of aromatic nitrogens is 5. The predicted octanol–water partition coefficient (Wildman–Crippen LogP) is 1.92. The molecule has 0 saturated carbocycles. The molecule has 0 amide bonds. The Kier molecular flexibility index (Phi) is 3.09. The van der Waals surface area contributed by atoms with Gasteiger partial charge in [0.25, 0.3) is 16.7 Å². The van der Waals surface area contributed by atoms with E-state index in [9.17, 15) is 4.79 Å². The average Bonchev–Trinajstić information content (AvgIpc) is 3.02. The maximum atomic E-state index is 12.0. The van der Waals surface area contributed by atoms with Gasteiger partial charge in [0.2, 0.25) is 0 Å². The van der Waals surface area contributed by atoms with Crippen LogP contribution in [0, 0.1) is 0 Å². The zero-order chi connectivity index (χ0) is 14.3. The molecule has 20 heavy (non-hydrogen) atoms. The van der Waals surface area contributed by atoms with Gasteiger partial charge in [0.05, 0.1) is 5.56 Å². The molecule has 0 spiro atoms. The highest BCUT2D eigenvalue weighted by Gasteiger charge is 2.22. The van der Waals surface area contributed by atoms with E-state index >= 15 is 0 Å². The lowest BCUT2D eigenvalue weighted by Crippen LogP contribution is -2.11. The van der Waals surface area contributed by atoms with Gasteiger partial charge in [-0.05, 0) is 12.2 Å². The van der Waals surface area contributed by atoms with Crippen LogP contribution < -0.4 is 5.56 Å². The van der Waals surface area contributed by atoms with Crippen molar-refractivity contribution in [3.05, 3.63) is 28.4 Å². The van der Waals surface area contributed by atoms with Crippen LogP contribution in [0.3, 0.4) is 0 Å². The number of nitrogens with zero attached hydrogens (tertiary/aromatic N) is 4. The number of hydrogen-bond acceptors (Lipinski definition) is 6. The first kappa shape index (κ1) is 12.9. The van der Waals surface area contributed by atoms with Crippen LogP contribution in [0.5, 0.6) is 0 Å². The summed E-state index contributed by atoms with van der Waals surface area (Å²) in [5.74, 6) is 0.535. The Morgan fingerprint density at radius 3 is 2.85 bits per heavy atom. The number of rotatable bonds is 3. The molecule has 3 aromatic rings. The van der Waals surface area contributed by atoms with Gasteiger partial charge in [0.15, 0.2) is 0 Å². The molecule has 3 aromatic heterocycles. The van der Waals surface area contributed by atoms with Crippen molar-refractivity contribution in [3.63, 3.8) is 0 Å². The number of H-pyrrole nitrogens is 1. The van der Waals surface area contributed by atoms with Crippen molar-refractivity contribution in [2.24, 2.45) is 0 Å². The summed E-state index contributed by atoms with van der Waals surface area (Å²) in [5, 5.41) is 12.6. The first-order valence-electron chi connectivity index (χ1n) is 6.08. The van der Waals surface area contributed by atoms with Crippen molar-refractivity contribution in [2.75, 3.05) is 6.26 Å². The number of fused-ring (bicyclic) bond motifs is 1. The van der Waals surface area contributed by atoms with E-state index in [0.29, 0.717) is 16.6 Å². The molecule has 8 heteroatoms. The Balaban J connectivity index is 2.32. The molecule has 0 aliphatic carbocycles. The molecule has 0 aliphatic heterocycles. The fourth-order valence-electron chi connectivity index (χ4n) is 2.20. The van der Waals surface area contributed by atoms with Gasteiger partial charge in [-0.25, -0.2) is 4.52 Å². The predicted molar refractivity (Wildman–Crippen MR) is 75.0 cm³/mol. The molecule has 0 atom stereocenters. The highest BCUT2D eigenvalue weighted by molar-refractivity contribution is 7.98. The molecule has 3 rings (SSSR count). The summed E-state index contributed by atoms with van der Waals surface area (Å²) in [5.41, 5.74) is 1.94. The summed E-state index contributed by atoms with van der Waals surface area (Å²) in [6, 6.07) is 0. The van der Waals surface area contributed by atoms with Crippen molar-refractivity contribution in [3.8, 4) is 11.5 Å². The van der Waals surface area contributed by atoms with Crippen LogP contribution in [0.2, 0.25) is 0 Å². The topological polar surface area (TPSA) is 89.1 Å². The monoisotopic (exact) mass is 291 g/mol. The van der Waals surface area contributed by atoms with E-state index in [1.165, 1.54) is 18.1 Å². The second kappa shape index (κ2) is 4.78. The molecule has 0 fully saturated rings. The molecule has 0 unspecified atom stereocenters. The van der Waals surface area contributed by atoms with Crippen LogP contribution >= 0.6 is 11.8 Å². The van der Waals surface area contributed by atoms with Gasteiger partial charge in [-0.3, -0.25) is 4.79 Å². The zero-order valence-electron chi connectivity index (χ0n) is 11.2. The van der Waals surface area contributed by atoms with E-state index in [1.54, 1.807) is 10.7 Å². The van der Waals surface area contributed by atoms with Crippen LogP contribution in [0.15, 0.2) is 27.0 Å². The normalized spacial score (nSPS) is 11.6. The van der Waals surface area contributed by atoms with Gasteiger partial charge in [-0.2, -0.15) is 5.10 Å². The van der Waals surface area contributed by atoms with Crippen molar-refractivity contribution in [2.45, 2.75) is 25.0 Å². The minimum atomic E-state index is -0.181. The first-order chi connectivity index (χ1) is 9.61. The lowest BCUT2D eigenvalue weighted by molar-refractivity contribution is 0.466. The molecule has 7 nitrogen and oxygen atoms in total. The fraction of sp³-hybridized carbons (Fsp3) is 0.333. The third kappa shape index (κ3) is 1.92. The van der Waals surface area contributed by atoms with Crippen molar-refractivity contribution in [1.29, 1.82) is 0 Å². The molecule has 104 valence electrons. The molecular formula is C12H13N5O2S. The summed E-state index contributed by atoms with van der Waals surface area (Å²) < 4.78 is 7.11. The molecule has 0 saturated heterocycles. The van der Waals surface area contributed by atoms with Gasteiger partial charge < -0.3 is 9.40 Å². The highest BCUT2D eigenvalue weighted by Crippen LogP contribution is 2.32. The van der Waals surface area contributed by atoms with E-state index in [0.717, 1.165) is 11.1 Å². The standard InChI is InChI=1S/C12H13N5O2S/c1-6(2)8-7(11-15-16-12(19-11)20-3)4-17-9(8)10(18)13-5-14-17/h4-6H,1-3H3,(H,13,14,18). The third-order valence-electron chi connectivity index (χ3n) is 3.01. The Hall–Kier alpha value is -2.09. The fourth-order valence-corrected chi connectivity index (χ4v) is 2.48. The summed E-state index contributed by atoms with van der Waals surface area (Å²) in [6.45, 7) is 4.02. The van der Waals surface area contributed by atoms with Crippen LogP contribution in [0.4, 0.5) is 0 Å². The molecule has 1 N–H and O–H groups in total. The number of hydrogen-bond donors (Lipinski definition) is 1. The van der Waals surface area contributed by atoms with Crippen molar-refractivity contribution in [1.82, 2.24) is 24.8 Å². The molecule has 0 aromatic carbocycles. The lowest BCUT2D eigenvalue weighted by Gasteiger charge is -2.04. The van der Waals surface area contributed by atoms with Gasteiger partial charge >= 0.3 is 0 Å². The summed E-state index contributed by atoms with van der Waals surface area (Å²) in [4.78, 5) is 14.6. The minimum Gasteiger partial charge on any atom is -0.411 e. The lowest BCUT2D eigenvalue weighted by atomic mass is 10.0. The van der Waals surface area contributed by atoms with E-state index in [-0.39, 0.29) is 11.5 Å². The van der Waals surface area contributed by atoms with Crippen molar-refractivity contribution < 1.29 is 4.42 Å². The minimum absolute atomic E-state index is 0.130. The number of aromatic amines is 1. The van der Waals surface area contributed by atoms with Gasteiger partial charge in [0.1, 0.15) is 11.8 Å². The van der Waals surface area contributed by atoms with Crippen LogP contribution in [0.1, 0.15) is 25.3 Å². The van der Waals surface area contributed by atoms with E-state index in [1.807, 2.05) is 20.1 Å². The number of thioether (sulfide) groups is 1. The summed E-state index contributed by atoms with van der Waals surface area (Å²) in [6.07, 6.45) is 4.98. The highest BCUT2D eigenvalue weighted by atomic mass is 32.2. The SMILES string of the molecule is CSc1nnc(-c2cn3nc[nH]c(=O)c3c2C(C)C)o1. The Labute approximate surface area is 118 Å². The molecule has 3 heterocycles. The average molecular weight is 291 g/mol. The second-order valence-electron chi connectivity index (χ2n) is 4.60. The van der Waals surface area contributed by atoms with Crippen LogP contribution in [0.25, 0.3) is 17.0 Å². The summed E-state index contributed by atoms with van der Waals surface area (Å²) >= 11 is 1.38. The maximum Gasteiger partial charge on any atom is 0.276 e. The van der Waals surface area contributed by atoms with Crippen molar-refractivity contribution >= 4 is 17.3 Å². The van der Waals surface area contributed by atoms with Gasteiger partial charge in [-0.15, -0.1) is 10.2 Å². The zero-order valence-corrected chi connectivity index (χ0v) is 12.1. The third-order valence-corrected chi connectivity index (χ3v) is 3.52. The molecule has 0 radical (unpaired) electrons. The van der Waals surface area contributed by atoms with E-state index in [2.05, 4.69) is 20.3 Å². The summed E-state index contributed by atoms with van der Waals surface area (Å²) in [7, 11) is 0. The van der Waals surface area contributed by atoms with E-state index in [4.69, 9.17) is 4.42 Å². The Bertz CT molecular complexity index is 817. The molecule has 0 bridgehead atoms. The molecular weight excluding hydrogens is 278 g/mol. The first-order valence-corrected chi connectivity index (χ1v) is 7.31. The van der Waals surface area contributed by atoms with Gasteiger partial charge in [-0.1, -0.05) is 25.6 Å². The maximum absolute atomic E-state index is 12.0. The quantitative estimate of drug-likeness (QED) is 0.741. The molecule has 0 aliphatic rings. The Morgan fingerprint density at radius 1 is 1.40 bits per heavy atom. The van der Waals surface area contributed by atoms with Crippen LogP contribution in [-0.2, 0) is 0 Å². The Morgan fingerprint density at radius 2 is 2.20 bits per heavy atom. The second-order valence-corrected chi connectivity index (χ2v) is 5.36. The largest absolute Gasteiger partial charge is 0.411 e.